The predicted molar refractivity (Wildman–Crippen MR) is 74.8 cm³/mol. The van der Waals surface area contributed by atoms with Crippen LogP contribution in [0.15, 0.2) is 0 Å². The Bertz CT molecular complexity index is 306. The van der Waals surface area contributed by atoms with E-state index in [2.05, 4.69) is 18.7 Å². The average molecular weight is 269 g/mol. The topological polar surface area (TPSA) is 58.8 Å². The average Bonchev–Trinajstić information content (AvgIpc) is 2.47. The number of carbonyl (C=O) groups excluding carboxylic acids is 1. The van der Waals surface area contributed by atoms with Crippen LogP contribution in [-0.2, 0) is 9.53 Å². The summed E-state index contributed by atoms with van der Waals surface area (Å²) in [5.74, 6) is 0.252. The van der Waals surface area contributed by atoms with E-state index in [-0.39, 0.29) is 11.3 Å². The Morgan fingerprint density at radius 1 is 1.21 bits per heavy atom. The van der Waals surface area contributed by atoms with E-state index >= 15 is 0 Å². The van der Waals surface area contributed by atoms with Gasteiger partial charge in [0.15, 0.2) is 0 Å². The molecule has 0 bridgehead atoms. The molecule has 0 spiro atoms. The lowest BCUT2D eigenvalue weighted by Crippen LogP contribution is -2.57. The Kier molecular flexibility index (Phi) is 4.81. The molecule has 2 aliphatic rings. The molecule has 0 radical (unpaired) electrons. The van der Waals surface area contributed by atoms with Crippen molar-refractivity contribution >= 4 is 5.91 Å². The molecule has 2 saturated heterocycles. The highest BCUT2D eigenvalue weighted by atomic mass is 16.5. The SMILES string of the molecule is CC(C)N1CCN(C(=O)C2(CN)CCOCC2)CC1. The number of nitrogens with two attached hydrogens (primary N) is 1. The van der Waals surface area contributed by atoms with E-state index in [0.717, 1.165) is 39.0 Å². The Labute approximate surface area is 116 Å². The van der Waals surface area contributed by atoms with Crippen molar-refractivity contribution in [2.75, 3.05) is 45.9 Å². The molecular weight excluding hydrogens is 242 g/mol. The van der Waals surface area contributed by atoms with Crippen molar-refractivity contribution in [2.24, 2.45) is 11.1 Å². The van der Waals surface area contributed by atoms with Crippen LogP contribution in [0.25, 0.3) is 0 Å². The Hall–Kier alpha value is -0.650. The first-order chi connectivity index (χ1) is 9.09. The van der Waals surface area contributed by atoms with Gasteiger partial charge < -0.3 is 15.4 Å². The van der Waals surface area contributed by atoms with Crippen molar-refractivity contribution in [1.29, 1.82) is 0 Å². The molecule has 2 rings (SSSR count). The molecule has 2 aliphatic heterocycles. The number of hydrogen-bond acceptors (Lipinski definition) is 4. The molecule has 0 aliphatic carbocycles. The molecule has 0 aromatic rings. The molecule has 5 nitrogen and oxygen atoms in total. The summed E-state index contributed by atoms with van der Waals surface area (Å²) in [6, 6.07) is 0.559. The van der Waals surface area contributed by atoms with Gasteiger partial charge in [0.25, 0.3) is 0 Å². The van der Waals surface area contributed by atoms with E-state index in [1.165, 1.54) is 0 Å². The van der Waals surface area contributed by atoms with Crippen LogP contribution < -0.4 is 5.73 Å². The highest BCUT2D eigenvalue weighted by Crippen LogP contribution is 2.32. The maximum absolute atomic E-state index is 12.8. The fourth-order valence-corrected chi connectivity index (χ4v) is 3.04. The number of carbonyl (C=O) groups is 1. The first-order valence-corrected chi connectivity index (χ1v) is 7.40. The predicted octanol–water partition coefficient (Wildman–Crippen LogP) is 0.295. The van der Waals surface area contributed by atoms with Crippen LogP contribution in [0, 0.1) is 5.41 Å². The van der Waals surface area contributed by atoms with E-state index in [0.29, 0.717) is 25.8 Å². The number of nitrogens with zero attached hydrogens (tertiary/aromatic N) is 2. The maximum Gasteiger partial charge on any atom is 0.230 e. The summed E-state index contributed by atoms with van der Waals surface area (Å²) in [7, 11) is 0. The van der Waals surface area contributed by atoms with E-state index in [9.17, 15) is 4.79 Å². The van der Waals surface area contributed by atoms with Gasteiger partial charge in [-0.1, -0.05) is 0 Å². The molecule has 19 heavy (non-hydrogen) atoms. The highest BCUT2D eigenvalue weighted by Gasteiger charge is 2.42. The van der Waals surface area contributed by atoms with Crippen LogP contribution in [-0.4, -0.2) is 67.7 Å². The smallest absolute Gasteiger partial charge is 0.230 e. The summed E-state index contributed by atoms with van der Waals surface area (Å²) < 4.78 is 5.38. The van der Waals surface area contributed by atoms with Gasteiger partial charge in [0.1, 0.15) is 0 Å². The van der Waals surface area contributed by atoms with Crippen molar-refractivity contribution in [1.82, 2.24) is 9.80 Å². The number of rotatable bonds is 3. The lowest BCUT2D eigenvalue weighted by molar-refractivity contribution is -0.149. The third-order valence-electron chi connectivity index (χ3n) is 4.63. The van der Waals surface area contributed by atoms with Crippen molar-refractivity contribution in [2.45, 2.75) is 32.7 Å². The minimum Gasteiger partial charge on any atom is -0.381 e. The van der Waals surface area contributed by atoms with Crippen LogP contribution in [0.1, 0.15) is 26.7 Å². The first kappa shape index (κ1) is 14.8. The van der Waals surface area contributed by atoms with Gasteiger partial charge in [-0.25, -0.2) is 0 Å². The molecule has 0 saturated carbocycles. The molecule has 2 fully saturated rings. The normalized spacial score (nSPS) is 24.7. The van der Waals surface area contributed by atoms with Gasteiger partial charge in [0, 0.05) is 52.0 Å². The zero-order valence-corrected chi connectivity index (χ0v) is 12.2. The lowest BCUT2D eigenvalue weighted by Gasteiger charge is -2.43. The molecule has 0 unspecified atom stereocenters. The quantitative estimate of drug-likeness (QED) is 0.800. The molecule has 1 amide bonds. The van der Waals surface area contributed by atoms with Crippen LogP contribution in [0.2, 0.25) is 0 Å². The van der Waals surface area contributed by atoms with E-state index in [1.54, 1.807) is 0 Å². The highest BCUT2D eigenvalue weighted by molar-refractivity contribution is 5.83. The van der Waals surface area contributed by atoms with Crippen LogP contribution in [0.4, 0.5) is 0 Å². The number of piperazine rings is 1. The van der Waals surface area contributed by atoms with Crippen molar-refractivity contribution in [3.63, 3.8) is 0 Å². The minimum atomic E-state index is -0.363. The second-order valence-corrected chi connectivity index (χ2v) is 6.02. The molecule has 0 atom stereocenters. The Morgan fingerprint density at radius 3 is 2.26 bits per heavy atom. The first-order valence-electron chi connectivity index (χ1n) is 7.40. The van der Waals surface area contributed by atoms with Gasteiger partial charge in [-0.05, 0) is 26.7 Å². The summed E-state index contributed by atoms with van der Waals surface area (Å²) in [6.45, 7) is 9.79. The fourth-order valence-electron chi connectivity index (χ4n) is 3.04. The summed E-state index contributed by atoms with van der Waals surface area (Å²) >= 11 is 0. The second-order valence-electron chi connectivity index (χ2n) is 6.02. The number of ether oxygens (including phenoxy) is 1. The van der Waals surface area contributed by atoms with E-state index < -0.39 is 0 Å². The standard InChI is InChI=1S/C14H27N3O2/c1-12(2)16-5-7-17(8-6-16)13(18)14(11-15)3-9-19-10-4-14/h12H,3-11,15H2,1-2H3. The number of hydrogen-bond donors (Lipinski definition) is 1. The molecule has 110 valence electrons. The third-order valence-corrected chi connectivity index (χ3v) is 4.63. The van der Waals surface area contributed by atoms with E-state index in [1.807, 2.05) is 4.90 Å². The second kappa shape index (κ2) is 6.20. The zero-order chi connectivity index (χ0) is 13.9. The Morgan fingerprint density at radius 2 is 1.79 bits per heavy atom. The van der Waals surface area contributed by atoms with Crippen molar-refractivity contribution in [3.05, 3.63) is 0 Å². The van der Waals surface area contributed by atoms with Gasteiger partial charge in [-0.2, -0.15) is 0 Å². The summed E-state index contributed by atoms with van der Waals surface area (Å²) in [4.78, 5) is 17.2. The molecule has 2 N–H and O–H groups in total. The third kappa shape index (κ3) is 3.09. The van der Waals surface area contributed by atoms with E-state index in [4.69, 9.17) is 10.5 Å². The van der Waals surface area contributed by atoms with Crippen LogP contribution in [0.3, 0.4) is 0 Å². The van der Waals surface area contributed by atoms with Crippen molar-refractivity contribution < 1.29 is 9.53 Å². The maximum atomic E-state index is 12.8. The fraction of sp³-hybridized carbons (Fsp3) is 0.929. The van der Waals surface area contributed by atoms with Crippen LogP contribution >= 0.6 is 0 Å². The molecule has 0 aromatic heterocycles. The number of amides is 1. The molecule has 2 heterocycles. The Balaban J connectivity index is 1.96. The monoisotopic (exact) mass is 269 g/mol. The van der Waals surface area contributed by atoms with Crippen LogP contribution in [0.5, 0.6) is 0 Å². The molecular formula is C14H27N3O2. The summed E-state index contributed by atoms with van der Waals surface area (Å²) in [6.07, 6.45) is 1.54. The van der Waals surface area contributed by atoms with Gasteiger partial charge in [0.05, 0.1) is 5.41 Å². The minimum absolute atomic E-state index is 0.252. The lowest BCUT2D eigenvalue weighted by atomic mass is 9.78. The summed E-state index contributed by atoms with van der Waals surface area (Å²) in [5.41, 5.74) is 5.55. The summed E-state index contributed by atoms with van der Waals surface area (Å²) in [5, 5.41) is 0. The van der Waals surface area contributed by atoms with Gasteiger partial charge in [0.2, 0.25) is 5.91 Å². The van der Waals surface area contributed by atoms with Gasteiger partial charge in [-0.3, -0.25) is 9.69 Å². The van der Waals surface area contributed by atoms with Gasteiger partial charge >= 0.3 is 0 Å². The largest absolute Gasteiger partial charge is 0.381 e. The zero-order valence-electron chi connectivity index (χ0n) is 12.2. The molecule has 5 heteroatoms. The van der Waals surface area contributed by atoms with Crippen molar-refractivity contribution in [3.8, 4) is 0 Å². The van der Waals surface area contributed by atoms with Gasteiger partial charge in [-0.15, -0.1) is 0 Å². The molecule has 0 aromatic carbocycles.